The first-order valence-electron chi connectivity index (χ1n) is 8.84. The van der Waals surface area contributed by atoms with Gasteiger partial charge in [0.1, 0.15) is 5.75 Å². The number of Topliss-reactive ketones (excluding diaryl/α,β-unsaturated/α-hetero) is 1. The molecule has 2 N–H and O–H groups in total. The molecule has 0 aromatic heterocycles. The zero-order chi connectivity index (χ0) is 19.4. The fraction of sp³-hybridized carbons (Fsp3) is 0.286. The molecule has 1 heterocycles. The second-order valence-electron chi connectivity index (χ2n) is 6.53. The normalized spacial score (nSPS) is 15.0. The quantitative estimate of drug-likeness (QED) is 0.738. The molecule has 0 saturated carbocycles. The number of rotatable bonds is 7. The highest BCUT2D eigenvalue weighted by Crippen LogP contribution is 2.33. The smallest absolute Gasteiger partial charge is 0.232 e. The Morgan fingerprint density at radius 3 is 2.70 bits per heavy atom. The van der Waals surface area contributed by atoms with Gasteiger partial charge in [-0.25, -0.2) is 0 Å². The number of ketones is 1. The topological polar surface area (TPSA) is 84.5 Å². The van der Waals surface area contributed by atoms with Crippen molar-refractivity contribution in [3.63, 3.8) is 0 Å². The Kier molecular flexibility index (Phi) is 5.54. The number of hydrogen-bond acceptors (Lipinski definition) is 4. The van der Waals surface area contributed by atoms with E-state index in [1.54, 1.807) is 18.2 Å². The number of para-hydroxylation sites is 1. The maximum Gasteiger partial charge on any atom is 0.232 e. The Bertz CT molecular complexity index is 892. The van der Waals surface area contributed by atoms with E-state index in [-0.39, 0.29) is 29.9 Å². The van der Waals surface area contributed by atoms with E-state index in [2.05, 4.69) is 10.6 Å². The summed E-state index contributed by atoms with van der Waals surface area (Å²) in [5.41, 5.74) is 3.00. The van der Waals surface area contributed by atoms with E-state index in [9.17, 15) is 14.4 Å². The largest absolute Gasteiger partial charge is 0.496 e. The lowest BCUT2D eigenvalue weighted by Gasteiger charge is -2.12. The number of methoxy groups -OCH3 is 1. The molecule has 6 nitrogen and oxygen atoms in total. The van der Waals surface area contributed by atoms with Crippen LogP contribution in [0.25, 0.3) is 0 Å². The van der Waals surface area contributed by atoms with Gasteiger partial charge in [-0.2, -0.15) is 0 Å². The summed E-state index contributed by atoms with van der Waals surface area (Å²) < 4.78 is 5.28. The van der Waals surface area contributed by atoms with Crippen LogP contribution in [0.2, 0.25) is 0 Å². The van der Waals surface area contributed by atoms with Crippen LogP contribution in [0.5, 0.6) is 5.75 Å². The van der Waals surface area contributed by atoms with Gasteiger partial charge in [-0.15, -0.1) is 0 Å². The summed E-state index contributed by atoms with van der Waals surface area (Å²) in [5.74, 6) is 0.0310. The summed E-state index contributed by atoms with van der Waals surface area (Å²) in [6.07, 6.45) is 0.636. The molecule has 1 aliphatic heterocycles. The summed E-state index contributed by atoms with van der Waals surface area (Å²) in [4.78, 5) is 36.0. The van der Waals surface area contributed by atoms with E-state index >= 15 is 0 Å². The Morgan fingerprint density at radius 2 is 1.96 bits per heavy atom. The van der Waals surface area contributed by atoms with Crippen LogP contribution in [0, 0.1) is 0 Å². The van der Waals surface area contributed by atoms with Crippen LogP contribution in [0.1, 0.15) is 40.7 Å². The van der Waals surface area contributed by atoms with Gasteiger partial charge in [0, 0.05) is 23.4 Å². The molecule has 3 rings (SSSR count). The van der Waals surface area contributed by atoms with Crippen LogP contribution in [-0.2, 0) is 16.0 Å². The average molecular weight is 366 g/mol. The molecule has 0 saturated heterocycles. The highest BCUT2D eigenvalue weighted by Gasteiger charge is 2.29. The molecule has 1 unspecified atom stereocenters. The molecule has 1 atom stereocenters. The Labute approximate surface area is 157 Å². The van der Waals surface area contributed by atoms with Gasteiger partial charge in [0.05, 0.1) is 19.4 Å². The van der Waals surface area contributed by atoms with Crippen LogP contribution in [0.15, 0.2) is 42.5 Å². The number of carbonyl (C=O) groups is 3. The minimum absolute atomic E-state index is 0.0405. The van der Waals surface area contributed by atoms with Crippen molar-refractivity contribution in [2.24, 2.45) is 0 Å². The third-order valence-electron chi connectivity index (χ3n) is 4.70. The number of carbonyl (C=O) groups excluding carboxylic acids is 3. The monoisotopic (exact) mass is 366 g/mol. The maximum absolute atomic E-state index is 12.3. The molecule has 0 bridgehead atoms. The summed E-state index contributed by atoms with van der Waals surface area (Å²) in [6.45, 7) is 1.87. The summed E-state index contributed by atoms with van der Waals surface area (Å²) in [7, 11) is 1.53. The Balaban J connectivity index is 1.59. The van der Waals surface area contributed by atoms with Crippen molar-refractivity contribution in [1.82, 2.24) is 5.32 Å². The Morgan fingerprint density at radius 1 is 1.19 bits per heavy atom. The Hall–Kier alpha value is -3.15. The second-order valence-corrected chi connectivity index (χ2v) is 6.53. The van der Waals surface area contributed by atoms with Gasteiger partial charge < -0.3 is 15.4 Å². The highest BCUT2D eigenvalue weighted by atomic mass is 16.5. The van der Waals surface area contributed by atoms with E-state index < -0.39 is 0 Å². The van der Waals surface area contributed by atoms with Crippen LogP contribution >= 0.6 is 0 Å². The molecule has 0 radical (unpaired) electrons. The first-order valence-corrected chi connectivity index (χ1v) is 8.84. The number of amides is 2. The van der Waals surface area contributed by atoms with Gasteiger partial charge in [-0.05, 0) is 43.2 Å². The van der Waals surface area contributed by atoms with Gasteiger partial charge >= 0.3 is 0 Å². The lowest BCUT2D eigenvalue weighted by Crippen LogP contribution is -2.28. The van der Waals surface area contributed by atoms with Crippen LogP contribution in [0.3, 0.4) is 0 Å². The molecular formula is C21H22N2O4. The fourth-order valence-electron chi connectivity index (χ4n) is 3.29. The predicted octanol–water partition coefficient (Wildman–Crippen LogP) is 2.68. The number of hydrogen-bond donors (Lipinski definition) is 2. The molecule has 2 aromatic rings. The lowest BCUT2D eigenvalue weighted by molar-refractivity contribution is -0.121. The summed E-state index contributed by atoms with van der Waals surface area (Å²) in [6, 6.07) is 12.6. The summed E-state index contributed by atoms with van der Waals surface area (Å²) >= 11 is 0. The number of fused-ring (bicyclic) bond motifs is 1. The third kappa shape index (κ3) is 4.16. The molecule has 27 heavy (non-hydrogen) atoms. The molecular weight excluding hydrogens is 344 g/mol. The zero-order valence-corrected chi connectivity index (χ0v) is 15.4. The van der Waals surface area contributed by atoms with Crippen molar-refractivity contribution in [1.29, 1.82) is 0 Å². The second kappa shape index (κ2) is 8.03. The predicted molar refractivity (Wildman–Crippen MR) is 102 cm³/mol. The number of ether oxygens (including phenoxy) is 1. The number of nitrogens with one attached hydrogen (secondary N) is 2. The van der Waals surface area contributed by atoms with Gasteiger partial charge in [-0.1, -0.05) is 18.2 Å². The van der Waals surface area contributed by atoms with Gasteiger partial charge in [0.15, 0.2) is 5.78 Å². The zero-order valence-electron chi connectivity index (χ0n) is 15.4. The van der Waals surface area contributed by atoms with Crippen molar-refractivity contribution in [3.8, 4) is 5.75 Å². The van der Waals surface area contributed by atoms with Crippen molar-refractivity contribution in [3.05, 3.63) is 59.2 Å². The molecule has 2 aromatic carbocycles. The van der Waals surface area contributed by atoms with Gasteiger partial charge in [-0.3, -0.25) is 14.4 Å². The number of benzene rings is 2. The molecule has 0 spiro atoms. The molecule has 140 valence electrons. The fourth-order valence-corrected chi connectivity index (χ4v) is 3.29. The van der Waals surface area contributed by atoms with E-state index in [1.807, 2.05) is 24.3 Å². The molecule has 2 amide bonds. The SMILES string of the molecule is COc1ccc(C(C)=O)cc1CC(=O)NCCC1C(=O)Nc2ccccc21. The van der Waals surface area contributed by atoms with Crippen LogP contribution < -0.4 is 15.4 Å². The minimum atomic E-state index is -0.253. The summed E-state index contributed by atoms with van der Waals surface area (Å²) in [5, 5.41) is 5.71. The van der Waals surface area contributed by atoms with E-state index in [0.29, 0.717) is 29.8 Å². The standard InChI is InChI=1S/C21H22N2O4/c1-13(24)14-7-8-19(27-2)15(11-14)12-20(25)22-10-9-17-16-5-3-4-6-18(16)23-21(17)26/h3-8,11,17H,9-10,12H2,1-2H3,(H,22,25)(H,23,26). The minimum Gasteiger partial charge on any atom is -0.496 e. The van der Waals surface area contributed by atoms with E-state index in [1.165, 1.54) is 14.0 Å². The molecule has 0 fully saturated rings. The van der Waals surface area contributed by atoms with Crippen molar-refractivity contribution in [2.45, 2.75) is 25.7 Å². The average Bonchev–Trinajstić information content (AvgIpc) is 2.97. The van der Waals surface area contributed by atoms with Gasteiger partial charge in [0.2, 0.25) is 11.8 Å². The highest BCUT2D eigenvalue weighted by molar-refractivity contribution is 6.02. The van der Waals surface area contributed by atoms with Crippen molar-refractivity contribution in [2.75, 3.05) is 19.0 Å². The van der Waals surface area contributed by atoms with E-state index in [4.69, 9.17) is 4.74 Å². The van der Waals surface area contributed by atoms with Crippen LogP contribution in [0.4, 0.5) is 5.69 Å². The lowest BCUT2D eigenvalue weighted by atomic mass is 9.97. The van der Waals surface area contributed by atoms with Gasteiger partial charge in [0.25, 0.3) is 0 Å². The number of anilines is 1. The molecule has 0 aliphatic carbocycles. The molecule has 6 heteroatoms. The first kappa shape index (κ1) is 18.6. The molecule has 1 aliphatic rings. The van der Waals surface area contributed by atoms with Crippen molar-refractivity contribution < 1.29 is 19.1 Å². The van der Waals surface area contributed by atoms with Crippen LogP contribution in [-0.4, -0.2) is 31.3 Å². The van der Waals surface area contributed by atoms with E-state index in [0.717, 1.165) is 11.3 Å². The maximum atomic E-state index is 12.3. The van der Waals surface area contributed by atoms with Crippen molar-refractivity contribution >= 4 is 23.3 Å². The first-order chi connectivity index (χ1) is 13.0. The third-order valence-corrected chi connectivity index (χ3v) is 4.70.